The van der Waals surface area contributed by atoms with Gasteiger partial charge in [-0.15, -0.1) is 0 Å². The van der Waals surface area contributed by atoms with Gasteiger partial charge in [0.2, 0.25) is 0 Å². The van der Waals surface area contributed by atoms with Crippen LogP contribution in [0, 0.1) is 0 Å². The van der Waals surface area contributed by atoms with Crippen molar-refractivity contribution in [2.45, 2.75) is 0 Å². The van der Waals surface area contributed by atoms with Gasteiger partial charge in [-0.25, -0.2) is 9.97 Å². The van der Waals surface area contributed by atoms with Gasteiger partial charge in [0.25, 0.3) is 0 Å². The third kappa shape index (κ3) is 3.42. The molecule has 1 aliphatic rings. The predicted molar refractivity (Wildman–Crippen MR) is 196 cm³/mol. The minimum atomic E-state index is 0.792. The first kappa shape index (κ1) is 25.6. The predicted octanol–water partition coefficient (Wildman–Crippen LogP) is 10.5. The highest BCUT2D eigenvalue weighted by Crippen LogP contribution is 2.47. The van der Waals surface area contributed by atoms with Gasteiger partial charge in [0.1, 0.15) is 11.4 Å². The van der Waals surface area contributed by atoms with Gasteiger partial charge in [0.05, 0.1) is 33.1 Å². The Hall–Kier alpha value is -6.59. The second-order valence-corrected chi connectivity index (χ2v) is 12.5. The minimum absolute atomic E-state index is 0.792. The van der Waals surface area contributed by atoms with Crippen LogP contribution in [0.25, 0.3) is 99.8 Å². The summed E-state index contributed by atoms with van der Waals surface area (Å²) in [6, 6.07) is 51.8. The Balaban J connectivity index is 1.24. The van der Waals surface area contributed by atoms with Crippen molar-refractivity contribution in [1.29, 1.82) is 0 Å². The zero-order valence-corrected chi connectivity index (χ0v) is 25.7. The minimum Gasteiger partial charge on any atom is -0.309 e. The molecule has 0 saturated carbocycles. The van der Waals surface area contributed by atoms with E-state index in [0.717, 1.165) is 61.7 Å². The van der Waals surface area contributed by atoms with Gasteiger partial charge in [-0.05, 0) is 77.9 Å². The number of para-hydroxylation sites is 5. The highest BCUT2D eigenvalue weighted by Gasteiger charge is 2.28. The van der Waals surface area contributed by atoms with E-state index < -0.39 is 0 Å². The summed E-state index contributed by atoms with van der Waals surface area (Å²) in [5, 5.41) is 4.84. The molecule has 0 aliphatic carbocycles. The molecule has 6 aromatic carbocycles. The number of fused-ring (bicyclic) bond motifs is 12. The summed E-state index contributed by atoms with van der Waals surface area (Å²) in [6.07, 6.45) is 1.86. The number of pyridine rings is 1. The van der Waals surface area contributed by atoms with Crippen LogP contribution in [-0.2, 0) is 0 Å². The maximum Gasteiger partial charge on any atom is 0.166 e. The molecule has 0 radical (unpaired) electrons. The molecule has 4 aromatic heterocycles. The Morgan fingerprint density at radius 2 is 1.08 bits per heavy atom. The van der Waals surface area contributed by atoms with Crippen LogP contribution in [-0.4, -0.2) is 24.1 Å². The van der Waals surface area contributed by atoms with Gasteiger partial charge in [-0.2, -0.15) is 0 Å². The smallest absolute Gasteiger partial charge is 0.166 e. The van der Waals surface area contributed by atoms with E-state index in [1.807, 2.05) is 36.5 Å². The van der Waals surface area contributed by atoms with Crippen LogP contribution < -0.4 is 0 Å². The van der Waals surface area contributed by atoms with Crippen LogP contribution in [0.5, 0.6) is 0 Å². The third-order valence-electron chi connectivity index (χ3n) is 9.88. The van der Waals surface area contributed by atoms with Crippen LogP contribution in [0.1, 0.15) is 0 Å². The first-order chi connectivity index (χ1) is 23.8. The molecule has 0 saturated heterocycles. The molecule has 5 heteroatoms. The van der Waals surface area contributed by atoms with Crippen molar-refractivity contribution in [3.8, 4) is 45.1 Å². The molecule has 0 N–H and O–H groups in total. The van der Waals surface area contributed by atoms with Crippen LogP contribution in [0.3, 0.4) is 0 Å². The molecular weight excluding hydrogens is 587 g/mol. The molecule has 5 nitrogen and oxygen atoms in total. The van der Waals surface area contributed by atoms with Crippen LogP contribution in [0.4, 0.5) is 0 Å². The number of rotatable bonds is 2. The summed E-state index contributed by atoms with van der Waals surface area (Å²) in [4.78, 5) is 15.4. The van der Waals surface area contributed by atoms with Crippen molar-refractivity contribution < 1.29 is 0 Å². The standard InChI is InChI=1S/C43H25N5/c1-2-11-28(12-3-1)47-37-18-8-4-13-29(37)32-23-26(20-21-39(32)47)27-24-33-30-14-5-9-19-38(30)48-42(33)34(25-27)31-15-10-22-44-40(31)41-43(48)46-36-17-7-6-16-35(36)45-41/h1-25H. The molecule has 222 valence electrons. The molecular formula is C43H25N5. The number of benzene rings is 6. The lowest BCUT2D eigenvalue weighted by Gasteiger charge is -2.11. The Bertz CT molecular complexity index is 2950. The first-order valence-electron chi connectivity index (χ1n) is 16.2. The second-order valence-electron chi connectivity index (χ2n) is 12.5. The van der Waals surface area contributed by atoms with Crippen molar-refractivity contribution >= 4 is 54.6 Å². The average Bonchev–Trinajstić information content (AvgIpc) is 3.63. The fraction of sp³-hybridized carbons (Fsp3) is 0. The number of nitrogens with zero attached hydrogens (tertiary/aromatic N) is 5. The zero-order valence-electron chi connectivity index (χ0n) is 25.7. The second kappa shape index (κ2) is 9.47. The third-order valence-corrected chi connectivity index (χ3v) is 9.88. The Kier molecular flexibility index (Phi) is 5.05. The maximum atomic E-state index is 5.25. The van der Waals surface area contributed by atoms with Crippen molar-refractivity contribution in [1.82, 2.24) is 24.1 Å². The molecule has 0 spiro atoms. The first-order valence-corrected chi connectivity index (χ1v) is 16.2. The topological polar surface area (TPSA) is 48.5 Å². The van der Waals surface area contributed by atoms with Gasteiger partial charge in [0, 0.05) is 44.6 Å². The summed E-state index contributed by atoms with van der Waals surface area (Å²) >= 11 is 0. The number of hydrogen-bond acceptors (Lipinski definition) is 3. The lowest BCUT2D eigenvalue weighted by Crippen LogP contribution is -2.02. The fourth-order valence-electron chi connectivity index (χ4n) is 7.81. The lowest BCUT2D eigenvalue weighted by atomic mass is 9.94. The Labute approximate surface area is 275 Å². The molecule has 10 aromatic rings. The van der Waals surface area contributed by atoms with E-state index in [0.29, 0.717) is 0 Å². The van der Waals surface area contributed by atoms with Crippen molar-refractivity contribution in [3.05, 3.63) is 152 Å². The molecule has 11 rings (SSSR count). The van der Waals surface area contributed by atoms with E-state index in [4.69, 9.17) is 15.0 Å². The van der Waals surface area contributed by atoms with Crippen LogP contribution in [0.2, 0.25) is 0 Å². The maximum absolute atomic E-state index is 5.25. The molecule has 0 atom stereocenters. The van der Waals surface area contributed by atoms with Gasteiger partial charge in [0.15, 0.2) is 5.82 Å². The van der Waals surface area contributed by atoms with Gasteiger partial charge in [-0.1, -0.05) is 78.9 Å². The van der Waals surface area contributed by atoms with Crippen molar-refractivity contribution in [2.24, 2.45) is 0 Å². The Morgan fingerprint density at radius 3 is 1.92 bits per heavy atom. The SMILES string of the molecule is c1ccc(-n2c3ccccc3c3cc(-c4cc5c6c(c4)c4ccccc4n6-c4nc6ccccc6nc4-c4ncccc4-5)ccc32)cc1. The van der Waals surface area contributed by atoms with E-state index >= 15 is 0 Å². The van der Waals surface area contributed by atoms with Gasteiger partial charge >= 0.3 is 0 Å². The summed E-state index contributed by atoms with van der Waals surface area (Å²) in [6.45, 7) is 0. The average molecular weight is 612 g/mol. The molecule has 0 amide bonds. The van der Waals surface area contributed by atoms with E-state index in [1.54, 1.807) is 0 Å². The number of hydrogen-bond donors (Lipinski definition) is 0. The normalized spacial score (nSPS) is 12.2. The summed E-state index contributed by atoms with van der Waals surface area (Å²) in [5.74, 6) is 0.807. The quantitative estimate of drug-likeness (QED) is 0.195. The van der Waals surface area contributed by atoms with Crippen LogP contribution >= 0.6 is 0 Å². The lowest BCUT2D eigenvalue weighted by molar-refractivity contribution is 1.08. The highest BCUT2D eigenvalue weighted by atomic mass is 15.1. The molecule has 48 heavy (non-hydrogen) atoms. The largest absolute Gasteiger partial charge is 0.309 e. The van der Waals surface area contributed by atoms with E-state index in [1.165, 1.54) is 38.1 Å². The fourth-order valence-corrected chi connectivity index (χ4v) is 7.81. The molecule has 5 heterocycles. The Morgan fingerprint density at radius 1 is 0.417 bits per heavy atom. The molecule has 0 bridgehead atoms. The summed E-state index contributed by atoms with van der Waals surface area (Å²) in [5.41, 5.74) is 13.6. The zero-order chi connectivity index (χ0) is 31.3. The monoisotopic (exact) mass is 611 g/mol. The van der Waals surface area contributed by atoms with Crippen molar-refractivity contribution in [3.63, 3.8) is 0 Å². The summed E-state index contributed by atoms with van der Waals surface area (Å²) < 4.78 is 4.67. The molecule has 0 unspecified atom stereocenters. The molecule has 1 aliphatic heterocycles. The number of aromatic nitrogens is 5. The van der Waals surface area contributed by atoms with E-state index in [2.05, 4.69) is 124 Å². The van der Waals surface area contributed by atoms with Gasteiger partial charge < -0.3 is 4.57 Å². The van der Waals surface area contributed by atoms with Crippen molar-refractivity contribution in [2.75, 3.05) is 0 Å². The van der Waals surface area contributed by atoms with E-state index in [9.17, 15) is 0 Å². The van der Waals surface area contributed by atoms with Gasteiger partial charge in [-0.3, -0.25) is 9.55 Å². The molecule has 0 fully saturated rings. The van der Waals surface area contributed by atoms with Crippen LogP contribution in [0.15, 0.2) is 152 Å². The summed E-state index contributed by atoms with van der Waals surface area (Å²) in [7, 11) is 0. The van der Waals surface area contributed by atoms with E-state index in [-0.39, 0.29) is 0 Å². The highest BCUT2D eigenvalue weighted by molar-refractivity contribution is 6.18.